The second-order valence-corrected chi connectivity index (χ2v) is 1.77. The average Bonchev–Trinajstić information content (AvgIpc) is 2.33. The van der Waals surface area contributed by atoms with Crippen LogP contribution in [-0.4, -0.2) is 5.16 Å². The van der Waals surface area contributed by atoms with Gasteiger partial charge in [0.25, 0.3) is 0 Å². The maximum Gasteiger partial charge on any atom is 0.131 e. The minimum absolute atomic E-state index is 0.901. The molecule has 0 fully saturated rings. The molecule has 0 aliphatic carbocycles. The van der Waals surface area contributed by atoms with Crippen LogP contribution in [0.15, 0.2) is 17.4 Å². The first-order valence-electron chi connectivity index (χ1n) is 2.94. The van der Waals surface area contributed by atoms with Crippen molar-refractivity contribution in [1.82, 2.24) is 5.16 Å². The van der Waals surface area contributed by atoms with Gasteiger partial charge in [-0.15, -0.1) is 0 Å². The minimum atomic E-state index is 0.901. The molecule has 1 rings (SSSR count). The number of hydrogen-bond acceptors (Lipinski definition) is 2. The molecule has 48 valence electrons. The van der Waals surface area contributed by atoms with E-state index >= 15 is 0 Å². The fourth-order valence-corrected chi connectivity index (χ4v) is 0.702. The van der Waals surface area contributed by atoms with Crippen molar-refractivity contribution in [3.8, 4) is 0 Å². The van der Waals surface area contributed by atoms with Gasteiger partial charge in [0.05, 0.1) is 5.69 Å². The zero-order chi connectivity index (χ0) is 6.69. The summed E-state index contributed by atoms with van der Waals surface area (Å²) in [5.41, 5.74) is 1.97. The number of nitrogens with zero attached hydrogens (tertiary/aromatic N) is 1. The quantitative estimate of drug-likeness (QED) is 0.600. The summed E-state index contributed by atoms with van der Waals surface area (Å²) in [6, 6.07) is 0. The van der Waals surface area contributed by atoms with Gasteiger partial charge in [0, 0.05) is 5.56 Å². The van der Waals surface area contributed by atoms with Gasteiger partial charge < -0.3 is 4.52 Å². The van der Waals surface area contributed by atoms with E-state index in [9.17, 15) is 0 Å². The molecule has 0 saturated carbocycles. The highest BCUT2D eigenvalue weighted by Gasteiger charge is 1.98. The Labute approximate surface area is 54.2 Å². The highest BCUT2D eigenvalue weighted by atomic mass is 16.5. The zero-order valence-corrected chi connectivity index (χ0v) is 5.42. The fourth-order valence-electron chi connectivity index (χ4n) is 0.702. The van der Waals surface area contributed by atoms with Crippen molar-refractivity contribution in [1.29, 1.82) is 0 Å². The second-order valence-electron chi connectivity index (χ2n) is 1.77. The van der Waals surface area contributed by atoms with Gasteiger partial charge in [0.15, 0.2) is 0 Å². The molecule has 0 amide bonds. The maximum atomic E-state index is 4.71. The zero-order valence-electron chi connectivity index (χ0n) is 5.42. The molecule has 2 nitrogen and oxygen atoms in total. The Morgan fingerprint density at radius 3 is 3.11 bits per heavy atom. The van der Waals surface area contributed by atoms with E-state index in [0.717, 1.165) is 17.7 Å². The second kappa shape index (κ2) is 2.49. The molecule has 0 aliphatic heterocycles. The monoisotopic (exact) mass is 123 g/mol. The highest BCUT2D eigenvalue weighted by molar-refractivity contribution is 5.47. The van der Waals surface area contributed by atoms with Crippen molar-refractivity contribution in [2.24, 2.45) is 0 Å². The Morgan fingerprint density at radius 1 is 1.89 bits per heavy atom. The molecule has 0 unspecified atom stereocenters. The van der Waals surface area contributed by atoms with E-state index in [1.165, 1.54) is 0 Å². The summed E-state index contributed by atoms with van der Waals surface area (Å²) in [5.74, 6) is 0. The van der Waals surface area contributed by atoms with Gasteiger partial charge in [-0.1, -0.05) is 24.7 Å². The van der Waals surface area contributed by atoms with Crippen LogP contribution in [0.3, 0.4) is 0 Å². The van der Waals surface area contributed by atoms with Gasteiger partial charge in [-0.2, -0.15) is 0 Å². The van der Waals surface area contributed by atoms with Crippen molar-refractivity contribution >= 4 is 6.08 Å². The van der Waals surface area contributed by atoms with E-state index in [1.54, 1.807) is 12.3 Å². The summed E-state index contributed by atoms with van der Waals surface area (Å²) in [7, 11) is 0. The standard InChI is InChI=1S/C7H9NO/c1-3-6-5-9-8-7(6)4-2/h3,5H,1,4H2,2H3. The van der Waals surface area contributed by atoms with Crippen LogP contribution in [0.2, 0.25) is 0 Å². The Balaban J connectivity index is 2.98. The normalized spacial score (nSPS) is 9.44. The molecule has 0 aliphatic rings. The van der Waals surface area contributed by atoms with E-state index in [4.69, 9.17) is 4.52 Å². The molecular weight excluding hydrogens is 114 g/mol. The van der Waals surface area contributed by atoms with Gasteiger partial charge in [-0.3, -0.25) is 0 Å². The van der Waals surface area contributed by atoms with Crippen molar-refractivity contribution < 1.29 is 4.52 Å². The van der Waals surface area contributed by atoms with E-state index in [0.29, 0.717) is 0 Å². The van der Waals surface area contributed by atoms with Crippen LogP contribution in [0.4, 0.5) is 0 Å². The van der Waals surface area contributed by atoms with E-state index in [2.05, 4.69) is 11.7 Å². The third-order valence-corrected chi connectivity index (χ3v) is 1.23. The lowest BCUT2D eigenvalue weighted by molar-refractivity contribution is 0.412. The Morgan fingerprint density at radius 2 is 2.67 bits per heavy atom. The van der Waals surface area contributed by atoms with Crippen LogP contribution in [-0.2, 0) is 6.42 Å². The minimum Gasteiger partial charge on any atom is -0.364 e. The third-order valence-electron chi connectivity index (χ3n) is 1.23. The SMILES string of the molecule is C=Cc1conc1CC. The van der Waals surface area contributed by atoms with Gasteiger partial charge in [0.2, 0.25) is 0 Å². The van der Waals surface area contributed by atoms with Crippen LogP contribution in [0.5, 0.6) is 0 Å². The summed E-state index contributed by atoms with van der Waals surface area (Å²) in [6.45, 7) is 5.64. The predicted octanol–water partition coefficient (Wildman–Crippen LogP) is 1.88. The molecule has 0 atom stereocenters. The van der Waals surface area contributed by atoms with Crippen molar-refractivity contribution in [2.75, 3.05) is 0 Å². The van der Waals surface area contributed by atoms with Crippen LogP contribution < -0.4 is 0 Å². The molecule has 1 aromatic heterocycles. The first-order valence-corrected chi connectivity index (χ1v) is 2.94. The van der Waals surface area contributed by atoms with Crippen LogP contribution in [0, 0.1) is 0 Å². The van der Waals surface area contributed by atoms with E-state index in [1.807, 2.05) is 6.92 Å². The van der Waals surface area contributed by atoms with Gasteiger partial charge in [-0.25, -0.2) is 0 Å². The number of hydrogen-bond donors (Lipinski definition) is 0. The molecule has 1 aromatic rings. The van der Waals surface area contributed by atoms with Gasteiger partial charge >= 0.3 is 0 Å². The van der Waals surface area contributed by atoms with Crippen molar-refractivity contribution in [3.63, 3.8) is 0 Å². The summed E-state index contributed by atoms with van der Waals surface area (Å²) in [4.78, 5) is 0. The van der Waals surface area contributed by atoms with Crippen molar-refractivity contribution in [3.05, 3.63) is 24.1 Å². The summed E-state index contributed by atoms with van der Waals surface area (Å²) in [5, 5.41) is 3.76. The largest absolute Gasteiger partial charge is 0.364 e. The molecule has 1 heterocycles. The fraction of sp³-hybridized carbons (Fsp3) is 0.286. The van der Waals surface area contributed by atoms with Crippen LogP contribution in [0.25, 0.3) is 6.08 Å². The number of aryl methyl sites for hydroxylation is 1. The number of aromatic nitrogens is 1. The average molecular weight is 123 g/mol. The third kappa shape index (κ3) is 1.02. The Hall–Kier alpha value is -1.05. The molecule has 2 heteroatoms. The van der Waals surface area contributed by atoms with E-state index < -0.39 is 0 Å². The van der Waals surface area contributed by atoms with Crippen LogP contribution >= 0.6 is 0 Å². The lowest BCUT2D eigenvalue weighted by atomic mass is 10.2. The van der Waals surface area contributed by atoms with Gasteiger partial charge in [-0.05, 0) is 6.42 Å². The van der Waals surface area contributed by atoms with Gasteiger partial charge in [0.1, 0.15) is 6.26 Å². The summed E-state index contributed by atoms with van der Waals surface area (Å²) >= 11 is 0. The lowest BCUT2D eigenvalue weighted by Gasteiger charge is -1.84. The smallest absolute Gasteiger partial charge is 0.131 e. The van der Waals surface area contributed by atoms with Crippen LogP contribution in [0.1, 0.15) is 18.2 Å². The highest BCUT2D eigenvalue weighted by Crippen LogP contribution is 2.07. The molecule has 0 bridgehead atoms. The first-order chi connectivity index (χ1) is 4.38. The maximum absolute atomic E-state index is 4.71. The first kappa shape index (κ1) is 6.08. The molecule has 0 N–H and O–H groups in total. The Bertz CT molecular complexity index is 202. The molecule has 0 spiro atoms. The van der Waals surface area contributed by atoms with E-state index in [-0.39, 0.29) is 0 Å². The predicted molar refractivity (Wildman–Crippen MR) is 36.0 cm³/mol. The Kier molecular flexibility index (Phi) is 1.68. The summed E-state index contributed by atoms with van der Waals surface area (Å²) in [6.07, 6.45) is 4.25. The molecular formula is C7H9NO. The molecule has 0 saturated heterocycles. The molecule has 9 heavy (non-hydrogen) atoms. The lowest BCUT2D eigenvalue weighted by Crippen LogP contribution is -1.80. The molecule has 0 radical (unpaired) electrons. The summed E-state index contributed by atoms with van der Waals surface area (Å²) < 4.78 is 4.71. The molecule has 0 aromatic carbocycles. The topological polar surface area (TPSA) is 26.0 Å². The van der Waals surface area contributed by atoms with Crippen molar-refractivity contribution in [2.45, 2.75) is 13.3 Å². The number of rotatable bonds is 2.